The molecule has 142 valence electrons. The van der Waals surface area contributed by atoms with Gasteiger partial charge < -0.3 is 10.6 Å². The average molecular weight is 396 g/mol. The van der Waals surface area contributed by atoms with Crippen LogP contribution in [0.25, 0.3) is 0 Å². The maximum Gasteiger partial charge on any atom is 0.293 e. The molecule has 3 aromatic rings. The zero-order valence-corrected chi connectivity index (χ0v) is 15.9. The highest BCUT2D eigenvalue weighted by molar-refractivity contribution is 6.31. The van der Waals surface area contributed by atoms with Crippen molar-refractivity contribution >= 4 is 34.6 Å². The first-order valence-corrected chi connectivity index (χ1v) is 8.95. The van der Waals surface area contributed by atoms with E-state index in [2.05, 4.69) is 10.6 Å². The third kappa shape index (κ3) is 4.66. The topological polar surface area (TPSA) is 84.3 Å². The van der Waals surface area contributed by atoms with Gasteiger partial charge in [0.1, 0.15) is 5.69 Å². The second-order valence-corrected chi connectivity index (χ2v) is 6.66. The summed E-state index contributed by atoms with van der Waals surface area (Å²) in [6.07, 6.45) is 0. The molecule has 2 N–H and O–H groups in total. The van der Waals surface area contributed by atoms with Crippen LogP contribution in [-0.4, -0.2) is 10.8 Å². The molecule has 0 aromatic heterocycles. The number of amides is 1. The summed E-state index contributed by atoms with van der Waals surface area (Å²) in [6, 6.07) is 18.9. The van der Waals surface area contributed by atoms with E-state index in [0.29, 0.717) is 22.9 Å². The quantitative estimate of drug-likeness (QED) is 0.431. The van der Waals surface area contributed by atoms with Gasteiger partial charge in [-0.2, -0.15) is 0 Å². The minimum Gasteiger partial charge on any atom is -0.375 e. The summed E-state index contributed by atoms with van der Waals surface area (Å²) in [5.41, 5.74) is 2.86. The molecular weight excluding hydrogens is 378 g/mol. The number of nitro groups is 1. The van der Waals surface area contributed by atoms with Gasteiger partial charge in [-0.1, -0.05) is 47.5 Å². The fraction of sp³-hybridized carbons (Fsp3) is 0.0952. The van der Waals surface area contributed by atoms with Gasteiger partial charge in [-0.3, -0.25) is 14.9 Å². The number of hydrogen-bond donors (Lipinski definition) is 2. The molecule has 0 fully saturated rings. The lowest BCUT2D eigenvalue weighted by atomic mass is 10.1. The molecular formula is C21H18ClN3O3. The van der Waals surface area contributed by atoms with Gasteiger partial charge in [0.15, 0.2) is 0 Å². The van der Waals surface area contributed by atoms with Gasteiger partial charge in [0.25, 0.3) is 11.6 Å². The molecule has 0 radical (unpaired) electrons. The molecule has 0 saturated heterocycles. The average Bonchev–Trinajstić information content (AvgIpc) is 2.69. The maximum atomic E-state index is 12.4. The third-order valence-corrected chi connectivity index (χ3v) is 4.56. The molecule has 7 heteroatoms. The van der Waals surface area contributed by atoms with E-state index in [1.54, 1.807) is 24.3 Å². The Hall–Kier alpha value is -3.38. The van der Waals surface area contributed by atoms with Gasteiger partial charge in [-0.05, 0) is 42.8 Å². The van der Waals surface area contributed by atoms with E-state index in [0.717, 1.165) is 11.1 Å². The maximum absolute atomic E-state index is 12.4. The number of halogens is 1. The first-order chi connectivity index (χ1) is 13.4. The Morgan fingerprint density at radius 3 is 2.46 bits per heavy atom. The number of hydrogen-bond acceptors (Lipinski definition) is 4. The number of aryl methyl sites for hydroxylation is 1. The lowest BCUT2D eigenvalue weighted by Crippen LogP contribution is -2.13. The van der Waals surface area contributed by atoms with Crippen LogP contribution in [0.3, 0.4) is 0 Å². The van der Waals surface area contributed by atoms with Crippen molar-refractivity contribution in [2.45, 2.75) is 13.5 Å². The summed E-state index contributed by atoms with van der Waals surface area (Å²) in [4.78, 5) is 23.4. The molecule has 0 unspecified atom stereocenters. The van der Waals surface area contributed by atoms with Gasteiger partial charge in [0, 0.05) is 28.9 Å². The molecule has 0 heterocycles. The van der Waals surface area contributed by atoms with Crippen molar-refractivity contribution in [3.05, 3.63) is 98.6 Å². The van der Waals surface area contributed by atoms with Crippen molar-refractivity contribution in [3.63, 3.8) is 0 Å². The summed E-state index contributed by atoms with van der Waals surface area (Å²) in [5.74, 6) is -0.412. The number of nitro benzene ring substituents is 1. The zero-order valence-electron chi connectivity index (χ0n) is 15.1. The van der Waals surface area contributed by atoms with Crippen molar-refractivity contribution in [3.8, 4) is 0 Å². The van der Waals surface area contributed by atoms with Gasteiger partial charge in [0.05, 0.1) is 4.92 Å². The van der Waals surface area contributed by atoms with E-state index < -0.39 is 10.8 Å². The number of nitrogens with zero attached hydrogens (tertiary/aromatic N) is 1. The molecule has 6 nitrogen and oxygen atoms in total. The summed E-state index contributed by atoms with van der Waals surface area (Å²) in [7, 11) is 0. The Balaban J connectivity index is 1.78. The molecule has 0 bridgehead atoms. The minimum atomic E-state index is -0.516. The number of anilines is 2. The van der Waals surface area contributed by atoms with Gasteiger partial charge in [-0.25, -0.2) is 0 Å². The number of rotatable bonds is 6. The summed E-state index contributed by atoms with van der Waals surface area (Å²) < 4.78 is 0. The van der Waals surface area contributed by atoms with Gasteiger partial charge >= 0.3 is 0 Å². The lowest BCUT2D eigenvalue weighted by molar-refractivity contribution is -0.384. The van der Waals surface area contributed by atoms with Crippen LogP contribution in [0.2, 0.25) is 5.02 Å². The Morgan fingerprint density at radius 2 is 1.79 bits per heavy atom. The van der Waals surface area contributed by atoms with Crippen LogP contribution in [0.15, 0.2) is 66.7 Å². The van der Waals surface area contributed by atoms with E-state index in [-0.39, 0.29) is 11.3 Å². The summed E-state index contributed by atoms with van der Waals surface area (Å²) >= 11 is 6.12. The lowest BCUT2D eigenvalue weighted by Gasteiger charge is -2.10. The van der Waals surface area contributed by atoms with Crippen molar-refractivity contribution in [2.24, 2.45) is 0 Å². The van der Waals surface area contributed by atoms with E-state index >= 15 is 0 Å². The molecule has 0 spiro atoms. The second-order valence-electron chi connectivity index (χ2n) is 6.25. The van der Waals surface area contributed by atoms with Crippen molar-refractivity contribution < 1.29 is 9.72 Å². The van der Waals surface area contributed by atoms with Crippen LogP contribution in [0.4, 0.5) is 17.1 Å². The highest BCUT2D eigenvalue weighted by Crippen LogP contribution is 2.27. The van der Waals surface area contributed by atoms with E-state index in [9.17, 15) is 14.9 Å². The predicted molar refractivity (Wildman–Crippen MR) is 111 cm³/mol. The molecule has 3 aromatic carbocycles. The number of benzene rings is 3. The largest absolute Gasteiger partial charge is 0.375 e. The van der Waals surface area contributed by atoms with Crippen LogP contribution in [-0.2, 0) is 6.54 Å². The third-order valence-electron chi connectivity index (χ3n) is 4.19. The Bertz CT molecular complexity index is 1020. The predicted octanol–water partition coefficient (Wildman–Crippen LogP) is 5.42. The highest BCUT2D eigenvalue weighted by Gasteiger charge is 2.18. The molecule has 28 heavy (non-hydrogen) atoms. The number of carbonyl (C=O) groups excluding carboxylic acids is 1. The molecule has 0 aliphatic carbocycles. The van der Waals surface area contributed by atoms with Crippen molar-refractivity contribution in [2.75, 3.05) is 10.6 Å². The molecule has 0 saturated carbocycles. The molecule has 0 aliphatic rings. The number of carbonyl (C=O) groups is 1. The van der Waals surface area contributed by atoms with Crippen molar-refractivity contribution in [1.82, 2.24) is 0 Å². The minimum absolute atomic E-state index is 0.177. The van der Waals surface area contributed by atoms with Crippen molar-refractivity contribution in [1.29, 1.82) is 0 Å². The normalized spacial score (nSPS) is 10.4. The first kappa shape index (κ1) is 19.4. The van der Waals surface area contributed by atoms with E-state index in [1.807, 2.05) is 37.3 Å². The van der Waals surface area contributed by atoms with Crippen LogP contribution in [0.1, 0.15) is 21.5 Å². The number of nitrogens with one attached hydrogen (secondary N) is 2. The monoisotopic (exact) mass is 395 g/mol. The first-order valence-electron chi connectivity index (χ1n) is 8.58. The van der Waals surface area contributed by atoms with E-state index in [4.69, 9.17) is 11.6 Å². The SMILES string of the molecule is Cc1ccc(NC(=O)c2ccc(NCc3ccccc3Cl)c([N+](=O)[O-])c2)cc1. The second kappa shape index (κ2) is 8.54. The Labute approximate surface area is 167 Å². The van der Waals surface area contributed by atoms with Gasteiger partial charge in [0.2, 0.25) is 0 Å². The molecule has 3 rings (SSSR count). The van der Waals surface area contributed by atoms with Crippen LogP contribution in [0, 0.1) is 17.0 Å². The smallest absolute Gasteiger partial charge is 0.293 e. The fourth-order valence-electron chi connectivity index (χ4n) is 2.65. The molecule has 0 aliphatic heterocycles. The summed E-state index contributed by atoms with van der Waals surface area (Å²) in [5, 5.41) is 17.8. The van der Waals surface area contributed by atoms with Crippen LogP contribution < -0.4 is 10.6 Å². The molecule has 0 atom stereocenters. The standard InChI is InChI=1S/C21H18ClN3O3/c1-14-6-9-17(10-7-14)24-21(26)15-8-11-19(20(12-15)25(27)28)23-13-16-4-2-3-5-18(16)22/h2-12,23H,13H2,1H3,(H,24,26). The van der Waals surface area contributed by atoms with Crippen LogP contribution >= 0.6 is 11.6 Å². The fourth-order valence-corrected chi connectivity index (χ4v) is 2.85. The van der Waals surface area contributed by atoms with E-state index in [1.165, 1.54) is 12.1 Å². The zero-order chi connectivity index (χ0) is 20.1. The van der Waals surface area contributed by atoms with Crippen LogP contribution in [0.5, 0.6) is 0 Å². The van der Waals surface area contributed by atoms with Gasteiger partial charge in [-0.15, -0.1) is 0 Å². The highest BCUT2D eigenvalue weighted by atomic mass is 35.5. The Kier molecular flexibility index (Phi) is 5.91. The molecule has 1 amide bonds. The Morgan fingerprint density at radius 1 is 1.07 bits per heavy atom. The summed E-state index contributed by atoms with van der Waals surface area (Å²) in [6.45, 7) is 2.28.